The molecule has 1 unspecified atom stereocenters. The summed E-state index contributed by atoms with van der Waals surface area (Å²) in [4.78, 5) is 2.43. The summed E-state index contributed by atoms with van der Waals surface area (Å²) in [6.07, 6.45) is 5.63. The molecule has 106 valence electrons. The van der Waals surface area contributed by atoms with E-state index in [4.69, 9.17) is 4.74 Å². The first-order valence-corrected chi connectivity index (χ1v) is 7.16. The number of fused-ring (bicyclic) bond motifs is 1. The molecule has 20 heavy (non-hydrogen) atoms. The Kier molecular flexibility index (Phi) is 2.44. The molecule has 2 heterocycles. The molecule has 0 amide bonds. The zero-order valence-electron chi connectivity index (χ0n) is 11.5. The van der Waals surface area contributed by atoms with Crippen molar-refractivity contribution in [3.8, 4) is 11.5 Å². The number of benzene rings is 1. The monoisotopic (exact) mass is 273 g/mol. The Bertz CT molecular complexity index is 598. The van der Waals surface area contributed by atoms with Gasteiger partial charge in [0.25, 0.3) is 0 Å². The van der Waals surface area contributed by atoms with Crippen LogP contribution in [0, 0.1) is 0 Å². The van der Waals surface area contributed by atoms with Crippen LogP contribution >= 0.6 is 0 Å². The standard InChI is InChI=1S/C16H19NO3/c1-20-14-8-12-10(6-13(14)19)9-17-5-4-16(12)3-2-11(18)7-15(16)17/h2-3,6,8,11,15,18-19H,4-5,7,9H2,1H3/t11-,15+,16+/m1/s1. The summed E-state index contributed by atoms with van der Waals surface area (Å²) in [7, 11) is 1.58. The van der Waals surface area contributed by atoms with E-state index in [-0.39, 0.29) is 17.3 Å². The maximum absolute atomic E-state index is 9.99. The van der Waals surface area contributed by atoms with Gasteiger partial charge in [0.1, 0.15) is 0 Å². The van der Waals surface area contributed by atoms with Crippen molar-refractivity contribution in [1.29, 1.82) is 0 Å². The summed E-state index contributed by atoms with van der Waals surface area (Å²) in [6, 6.07) is 4.19. The smallest absolute Gasteiger partial charge is 0.160 e. The maximum Gasteiger partial charge on any atom is 0.160 e. The number of aromatic hydroxyl groups is 1. The van der Waals surface area contributed by atoms with Crippen LogP contribution in [0.15, 0.2) is 24.3 Å². The average Bonchev–Trinajstić information content (AvgIpc) is 2.71. The summed E-state index contributed by atoms with van der Waals surface area (Å²) in [6.45, 7) is 1.89. The molecule has 1 aliphatic carbocycles. The first-order chi connectivity index (χ1) is 9.64. The van der Waals surface area contributed by atoms with Gasteiger partial charge >= 0.3 is 0 Å². The van der Waals surface area contributed by atoms with Crippen LogP contribution in [0.1, 0.15) is 24.0 Å². The van der Waals surface area contributed by atoms with E-state index < -0.39 is 0 Å². The molecule has 4 rings (SSSR count). The molecule has 0 spiro atoms. The van der Waals surface area contributed by atoms with Crippen LogP contribution in [0.2, 0.25) is 0 Å². The van der Waals surface area contributed by atoms with Crippen LogP contribution in [0.4, 0.5) is 0 Å². The van der Waals surface area contributed by atoms with Crippen molar-refractivity contribution < 1.29 is 14.9 Å². The number of hydrogen-bond acceptors (Lipinski definition) is 4. The quantitative estimate of drug-likeness (QED) is 0.762. The Labute approximate surface area is 118 Å². The third kappa shape index (κ3) is 1.43. The zero-order valence-corrected chi connectivity index (χ0v) is 11.5. The Hall–Kier alpha value is -1.52. The third-order valence-electron chi connectivity index (χ3n) is 5.21. The molecule has 1 aromatic rings. The van der Waals surface area contributed by atoms with E-state index >= 15 is 0 Å². The lowest BCUT2D eigenvalue weighted by atomic mass is 9.66. The molecule has 2 aliphatic heterocycles. The van der Waals surface area contributed by atoms with Crippen LogP contribution in [0.25, 0.3) is 0 Å². The van der Waals surface area contributed by atoms with Gasteiger partial charge in [0, 0.05) is 24.5 Å². The van der Waals surface area contributed by atoms with Gasteiger partial charge in [-0.15, -0.1) is 0 Å². The molecule has 4 atom stereocenters. The number of aliphatic hydroxyl groups excluding tert-OH is 1. The average molecular weight is 273 g/mol. The minimum Gasteiger partial charge on any atom is -0.504 e. The van der Waals surface area contributed by atoms with Crippen molar-refractivity contribution in [3.63, 3.8) is 0 Å². The van der Waals surface area contributed by atoms with Crippen LogP contribution < -0.4 is 4.74 Å². The van der Waals surface area contributed by atoms with Crippen LogP contribution in [-0.4, -0.2) is 40.9 Å². The SMILES string of the molecule is COc1cc2c(cc1O)CN1CC[C@@]23C=C[C@@H](O)C[C@H]13. The first-order valence-electron chi connectivity index (χ1n) is 7.16. The number of aliphatic hydroxyl groups is 1. The number of rotatable bonds is 1. The Morgan fingerprint density at radius 3 is 3.05 bits per heavy atom. The lowest BCUT2D eigenvalue weighted by Gasteiger charge is -2.45. The van der Waals surface area contributed by atoms with Gasteiger partial charge in [-0.3, -0.25) is 4.90 Å². The maximum atomic E-state index is 9.99. The lowest BCUT2D eigenvalue weighted by molar-refractivity contribution is 0.110. The predicted octanol–water partition coefficient (Wildman–Crippen LogP) is 1.55. The van der Waals surface area contributed by atoms with E-state index in [1.807, 2.05) is 18.2 Å². The van der Waals surface area contributed by atoms with Gasteiger partial charge < -0.3 is 14.9 Å². The number of ether oxygens (including phenoxy) is 1. The topological polar surface area (TPSA) is 52.9 Å². The molecule has 0 saturated carbocycles. The molecule has 3 aliphatic rings. The second-order valence-electron chi connectivity index (χ2n) is 6.12. The fraction of sp³-hybridized carbons (Fsp3) is 0.500. The summed E-state index contributed by atoms with van der Waals surface area (Å²) in [5, 5.41) is 19.9. The van der Waals surface area contributed by atoms with Crippen molar-refractivity contribution in [2.24, 2.45) is 0 Å². The number of hydrogen-bond donors (Lipinski definition) is 2. The molecule has 1 aromatic carbocycles. The van der Waals surface area contributed by atoms with Crippen LogP contribution in [0.5, 0.6) is 11.5 Å². The van der Waals surface area contributed by atoms with Gasteiger partial charge in [0.15, 0.2) is 11.5 Å². The number of phenols is 1. The van der Waals surface area contributed by atoms with E-state index in [9.17, 15) is 10.2 Å². The predicted molar refractivity (Wildman–Crippen MR) is 74.9 cm³/mol. The fourth-order valence-corrected chi connectivity index (χ4v) is 4.27. The van der Waals surface area contributed by atoms with E-state index in [2.05, 4.69) is 11.0 Å². The number of methoxy groups -OCH3 is 1. The minimum absolute atomic E-state index is 0.0200. The van der Waals surface area contributed by atoms with Gasteiger partial charge in [-0.2, -0.15) is 0 Å². The Morgan fingerprint density at radius 2 is 2.25 bits per heavy atom. The third-order valence-corrected chi connectivity index (χ3v) is 5.21. The number of phenolic OH excluding ortho intramolecular Hbond substituents is 1. The van der Waals surface area contributed by atoms with Crippen molar-refractivity contribution in [2.45, 2.75) is 36.9 Å². The highest BCUT2D eigenvalue weighted by Crippen LogP contribution is 2.52. The van der Waals surface area contributed by atoms with Crippen molar-refractivity contribution in [2.75, 3.05) is 13.7 Å². The molecule has 0 aromatic heterocycles. The van der Waals surface area contributed by atoms with E-state index in [0.29, 0.717) is 11.8 Å². The van der Waals surface area contributed by atoms with Crippen molar-refractivity contribution >= 4 is 0 Å². The van der Waals surface area contributed by atoms with E-state index in [1.54, 1.807) is 7.11 Å². The Morgan fingerprint density at radius 1 is 1.40 bits per heavy atom. The van der Waals surface area contributed by atoms with Gasteiger partial charge in [0.2, 0.25) is 0 Å². The lowest BCUT2D eigenvalue weighted by Crippen LogP contribution is -2.49. The van der Waals surface area contributed by atoms with Gasteiger partial charge in [-0.25, -0.2) is 0 Å². The van der Waals surface area contributed by atoms with Crippen LogP contribution in [-0.2, 0) is 12.0 Å². The molecule has 2 N–H and O–H groups in total. The van der Waals surface area contributed by atoms with Gasteiger partial charge in [0.05, 0.1) is 13.2 Å². The fourth-order valence-electron chi connectivity index (χ4n) is 4.27. The highest BCUT2D eigenvalue weighted by Gasteiger charge is 2.52. The number of nitrogens with zero attached hydrogens (tertiary/aromatic N) is 1. The molecule has 4 nitrogen and oxygen atoms in total. The summed E-state index contributed by atoms with van der Waals surface area (Å²) in [5.74, 6) is 0.748. The molecule has 4 heteroatoms. The molecule has 1 saturated heterocycles. The highest BCUT2D eigenvalue weighted by molar-refractivity contribution is 5.54. The van der Waals surface area contributed by atoms with Crippen molar-refractivity contribution in [1.82, 2.24) is 4.90 Å². The Balaban J connectivity index is 1.93. The molecular weight excluding hydrogens is 254 g/mol. The second-order valence-corrected chi connectivity index (χ2v) is 6.12. The van der Waals surface area contributed by atoms with Crippen LogP contribution in [0.3, 0.4) is 0 Å². The molecule has 2 bridgehead atoms. The summed E-state index contributed by atoms with van der Waals surface area (Å²) >= 11 is 0. The molecule has 1 fully saturated rings. The second kappa shape index (κ2) is 3.99. The van der Waals surface area contributed by atoms with E-state index in [1.165, 1.54) is 11.1 Å². The largest absolute Gasteiger partial charge is 0.504 e. The van der Waals surface area contributed by atoms with Gasteiger partial charge in [-0.1, -0.05) is 12.2 Å². The zero-order chi connectivity index (χ0) is 13.9. The summed E-state index contributed by atoms with van der Waals surface area (Å²) < 4.78 is 5.28. The minimum atomic E-state index is -0.339. The summed E-state index contributed by atoms with van der Waals surface area (Å²) in [5.41, 5.74) is 2.42. The first kappa shape index (κ1) is 12.2. The highest BCUT2D eigenvalue weighted by atomic mass is 16.5. The van der Waals surface area contributed by atoms with Crippen molar-refractivity contribution in [3.05, 3.63) is 35.4 Å². The van der Waals surface area contributed by atoms with E-state index in [0.717, 1.165) is 25.9 Å². The normalized spacial score (nSPS) is 37.4. The molecule has 0 radical (unpaired) electrons. The van der Waals surface area contributed by atoms with Gasteiger partial charge in [-0.05, 0) is 36.1 Å². The molecular formula is C16H19NO3.